The smallest absolute Gasteiger partial charge is 0.407 e. The largest absolute Gasteiger partial charge is 0.447 e. The lowest BCUT2D eigenvalue weighted by Gasteiger charge is -2.04. The van der Waals surface area contributed by atoms with Crippen molar-refractivity contribution in [3.05, 3.63) is 0 Å². The summed E-state index contributed by atoms with van der Waals surface area (Å²) >= 11 is 0. The maximum Gasteiger partial charge on any atom is 0.407 e. The third-order valence-corrected chi connectivity index (χ3v) is 1.35. The van der Waals surface area contributed by atoms with Gasteiger partial charge in [0.05, 0.1) is 0 Å². The number of carbonyl (C=O) groups excluding carboxylic acids is 1. The average Bonchev–Trinajstić information content (AvgIpc) is 2.14. The van der Waals surface area contributed by atoms with Gasteiger partial charge in [-0.25, -0.2) is 9.18 Å². The van der Waals surface area contributed by atoms with Gasteiger partial charge in [-0.2, -0.15) is 0 Å². The molecule has 0 saturated heterocycles. The Hall–Kier alpha value is -0.840. The van der Waals surface area contributed by atoms with Crippen molar-refractivity contribution >= 4 is 6.09 Å². The van der Waals surface area contributed by atoms with Crippen molar-refractivity contribution in [2.24, 2.45) is 0 Å². The number of alkyl halides is 1. The number of amides is 1. The number of hydrogen-bond donors (Lipinski definition) is 1. The van der Waals surface area contributed by atoms with Crippen molar-refractivity contribution in [1.29, 1.82) is 0 Å². The zero-order chi connectivity index (χ0) is 9.94. The predicted molar refractivity (Wildman–Crippen MR) is 46.4 cm³/mol. The predicted octanol–water partition coefficient (Wildman–Crippen LogP) is 1.11. The number of nitrogens with one attached hydrogen (secondary N) is 1. The Balaban J connectivity index is 3.08. The quantitative estimate of drug-likeness (QED) is 0.616. The highest BCUT2D eigenvalue weighted by atomic mass is 19.1. The summed E-state index contributed by atoms with van der Waals surface area (Å²) in [6.07, 6.45) is 1.16. The first-order chi connectivity index (χ1) is 6.31. The van der Waals surface area contributed by atoms with Gasteiger partial charge in [0, 0.05) is 20.3 Å². The summed E-state index contributed by atoms with van der Waals surface area (Å²) in [5.41, 5.74) is 0. The molecule has 0 fully saturated rings. The lowest BCUT2D eigenvalue weighted by atomic mass is 10.3. The minimum Gasteiger partial charge on any atom is -0.447 e. The molecule has 4 nitrogen and oxygen atoms in total. The minimum absolute atomic E-state index is 0.177. The van der Waals surface area contributed by atoms with E-state index < -0.39 is 12.8 Å². The summed E-state index contributed by atoms with van der Waals surface area (Å²) in [6.45, 7) is 0.399. The maximum absolute atomic E-state index is 11.5. The van der Waals surface area contributed by atoms with Crippen LogP contribution in [0, 0.1) is 0 Å². The molecule has 0 aromatic carbocycles. The van der Waals surface area contributed by atoms with Crippen LogP contribution < -0.4 is 5.32 Å². The molecule has 0 aliphatic rings. The number of alkyl carbamates (subject to hydrolysis) is 1. The molecule has 0 unspecified atom stereocenters. The summed E-state index contributed by atoms with van der Waals surface area (Å²) in [5, 5.41) is 2.49. The molecule has 0 radical (unpaired) electrons. The van der Waals surface area contributed by atoms with Crippen LogP contribution in [0.5, 0.6) is 0 Å². The molecule has 5 heteroatoms. The fourth-order valence-electron chi connectivity index (χ4n) is 0.744. The van der Waals surface area contributed by atoms with Crippen LogP contribution in [0.25, 0.3) is 0 Å². The molecule has 0 aromatic heterocycles. The summed E-state index contributed by atoms with van der Waals surface area (Å²) < 4.78 is 20.8. The van der Waals surface area contributed by atoms with Gasteiger partial charge < -0.3 is 14.8 Å². The van der Waals surface area contributed by atoms with Crippen molar-refractivity contribution < 1.29 is 18.7 Å². The third kappa shape index (κ3) is 9.07. The van der Waals surface area contributed by atoms with E-state index in [-0.39, 0.29) is 6.61 Å². The molecule has 0 aliphatic carbocycles. The van der Waals surface area contributed by atoms with Gasteiger partial charge in [-0.3, -0.25) is 0 Å². The first kappa shape index (κ1) is 12.2. The average molecular weight is 193 g/mol. The van der Waals surface area contributed by atoms with Crippen LogP contribution >= 0.6 is 0 Å². The lowest BCUT2D eigenvalue weighted by Crippen LogP contribution is -2.26. The van der Waals surface area contributed by atoms with E-state index in [1.54, 1.807) is 7.11 Å². The number of halogens is 1. The minimum atomic E-state index is -0.642. The van der Waals surface area contributed by atoms with Crippen LogP contribution in [0.4, 0.5) is 9.18 Å². The van der Waals surface area contributed by atoms with Crippen LogP contribution in [-0.4, -0.2) is 39.6 Å². The second-order valence-electron chi connectivity index (χ2n) is 2.45. The van der Waals surface area contributed by atoms with Crippen molar-refractivity contribution in [3.63, 3.8) is 0 Å². The summed E-state index contributed by atoms with van der Waals surface area (Å²) in [5.74, 6) is 0. The fraction of sp³-hybridized carbons (Fsp3) is 0.875. The molecule has 1 N–H and O–H groups in total. The van der Waals surface area contributed by atoms with E-state index in [0.717, 1.165) is 12.8 Å². The zero-order valence-electron chi connectivity index (χ0n) is 7.85. The molecule has 0 aromatic rings. The second kappa shape index (κ2) is 9.25. The number of methoxy groups -OCH3 is 1. The molecule has 0 spiro atoms. The van der Waals surface area contributed by atoms with E-state index in [4.69, 9.17) is 4.74 Å². The SMILES string of the molecule is COCCCCNC(=O)OCCF. The highest BCUT2D eigenvalue weighted by Crippen LogP contribution is 1.87. The summed E-state index contributed by atoms with van der Waals surface area (Å²) in [6, 6.07) is 0. The van der Waals surface area contributed by atoms with Crippen LogP contribution in [0.2, 0.25) is 0 Å². The van der Waals surface area contributed by atoms with Crippen molar-refractivity contribution in [3.8, 4) is 0 Å². The van der Waals surface area contributed by atoms with Crippen LogP contribution in [0.1, 0.15) is 12.8 Å². The Kier molecular flexibility index (Phi) is 8.65. The van der Waals surface area contributed by atoms with Gasteiger partial charge in [0.15, 0.2) is 0 Å². The second-order valence-corrected chi connectivity index (χ2v) is 2.45. The zero-order valence-corrected chi connectivity index (χ0v) is 7.85. The fourth-order valence-corrected chi connectivity index (χ4v) is 0.744. The summed E-state index contributed by atoms with van der Waals surface area (Å²) in [4.78, 5) is 10.7. The molecule has 0 saturated carbocycles. The number of hydrogen-bond acceptors (Lipinski definition) is 3. The standard InChI is InChI=1S/C8H16FNO3/c1-12-6-3-2-5-10-8(11)13-7-4-9/h2-7H2,1H3,(H,10,11). The van der Waals surface area contributed by atoms with Gasteiger partial charge in [0.1, 0.15) is 13.3 Å². The molecule has 13 heavy (non-hydrogen) atoms. The van der Waals surface area contributed by atoms with Crippen LogP contribution in [0.3, 0.4) is 0 Å². The highest BCUT2D eigenvalue weighted by molar-refractivity contribution is 5.66. The molecule has 0 atom stereocenters. The molecule has 1 amide bonds. The Morgan fingerprint density at radius 1 is 1.38 bits per heavy atom. The molecular weight excluding hydrogens is 177 g/mol. The number of rotatable bonds is 7. The Bertz CT molecular complexity index is 133. The normalized spacial score (nSPS) is 9.69. The van der Waals surface area contributed by atoms with E-state index in [1.165, 1.54) is 0 Å². The monoisotopic (exact) mass is 193 g/mol. The van der Waals surface area contributed by atoms with Gasteiger partial charge in [-0.05, 0) is 12.8 Å². The van der Waals surface area contributed by atoms with Crippen LogP contribution in [-0.2, 0) is 9.47 Å². The number of unbranched alkanes of at least 4 members (excludes halogenated alkanes) is 1. The Morgan fingerprint density at radius 2 is 2.15 bits per heavy atom. The van der Waals surface area contributed by atoms with Crippen molar-refractivity contribution in [1.82, 2.24) is 5.32 Å². The van der Waals surface area contributed by atoms with Crippen molar-refractivity contribution in [2.45, 2.75) is 12.8 Å². The molecule has 78 valence electrons. The summed E-state index contributed by atoms with van der Waals surface area (Å²) in [7, 11) is 1.63. The van der Waals surface area contributed by atoms with E-state index in [9.17, 15) is 9.18 Å². The van der Waals surface area contributed by atoms with E-state index in [0.29, 0.717) is 13.2 Å². The van der Waals surface area contributed by atoms with E-state index in [1.807, 2.05) is 0 Å². The molecular formula is C8H16FNO3. The number of ether oxygens (including phenoxy) is 2. The van der Waals surface area contributed by atoms with Gasteiger partial charge in [-0.1, -0.05) is 0 Å². The molecule has 0 heterocycles. The first-order valence-electron chi connectivity index (χ1n) is 4.26. The topological polar surface area (TPSA) is 47.6 Å². The van der Waals surface area contributed by atoms with Gasteiger partial charge >= 0.3 is 6.09 Å². The Morgan fingerprint density at radius 3 is 2.77 bits per heavy atom. The Labute approximate surface area is 77.4 Å². The van der Waals surface area contributed by atoms with Crippen molar-refractivity contribution in [2.75, 3.05) is 33.5 Å². The van der Waals surface area contributed by atoms with E-state index >= 15 is 0 Å². The van der Waals surface area contributed by atoms with Gasteiger partial charge in [0.2, 0.25) is 0 Å². The first-order valence-corrected chi connectivity index (χ1v) is 4.26. The van der Waals surface area contributed by atoms with Gasteiger partial charge in [-0.15, -0.1) is 0 Å². The van der Waals surface area contributed by atoms with Crippen LogP contribution in [0.15, 0.2) is 0 Å². The lowest BCUT2D eigenvalue weighted by molar-refractivity contribution is 0.137. The molecule has 0 aliphatic heterocycles. The third-order valence-electron chi connectivity index (χ3n) is 1.35. The molecule has 0 rings (SSSR count). The molecule has 0 bridgehead atoms. The highest BCUT2D eigenvalue weighted by Gasteiger charge is 1.99. The van der Waals surface area contributed by atoms with E-state index in [2.05, 4.69) is 10.1 Å². The maximum atomic E-state index is 11.5. The number of carbonyl (C=O) groups is 1. The van der Waals surface area contributed by atoms with Gasteiger partial charge in [0.25, 0.3) is 0 Å².